The van der Waals surface area contributed by atoms with Crippen molar-refractivity contribution in [1.29, 1.82) is 0 Å². The Morgan fingerprint density at radius 1 is 1.19 bits per heavy atom. The quantitative estimate of drug-likeness (QED) is 0.913. The van der Waals surface area contributed by atoms with Gasteiger partial charge in [0.1, 0.15) is 17.3 Å². The molecule has 0 amide bonds. The van der Waals surface area contributed by atoms with Gasteiger partial charge in [0, 0.05) is 18.1 Å². The lowest BCUT2D eigenvalue weighted by Gasteiger charge is -2.16. The van der Waals surface area contributed by atoms with Gasteiger partial charge in [-0.2, -0.15) is 0 Å². The zero-order valence-corrected chi connectivity index (χ0v) is 12.5. The van der Waals surface area contributed by atoms with Crippen molar-refractivity contribution in [2.45, 2.75) is 12.5 Å². The molecule has 0 spiro atoms. The van der Waals surface area contributed by atoms with Crippen LogP contribution < -0.4 is 9.47 Å². The predicted molar refractivity (Wildman–Crippen MR) is 79.6 cm³/mol. The van der Waals surface area contributed by atoms with Gasteiger partial charge in [0.05, 0.1) is 25.3 Å². The van der Waals surface area contributed by atoms with E-state index in [1.807, 2.05) is 0 Å². The van der Waals surface area contributed by atoms with E-state index < -0.39 is 11.9 Å². The second-order valence-electron chi connectivity index (χ2n) is 4.54. The van der Waals surface area contributed by atoms with Gasteiger partial charge in [0.25, 0.3) is 0 Å². The van der Waals surface area contributed by atoms with Gasteiger partial charge in [-0.1, -0.05) is 23.7 Å². The fourth-order valence-electron chi connectivity index (χ4n) is 2.12. The molecule has 3 nitrogen and oxygen atoms in total. The van der Waals surface area contributed by atoms with Crippen molar-refractivity contribution >= 4 is 11.6 Å². The molecule has 0 radical (unpaired) electrons. The van der Waals surface area contributed by atoms with Crippen LogP contribution in [0.25, 0.3) is 0 Å². The molecular formula is C16H16ClFO3. The fourth-order valence-corrected chi connectivity index (χ4v) is 2.32. The maximum atomic E-state index is 13.4. The van der Waals surface area contributed by atoms with Crippen LogP contribution in [0.3, 0.4) is 0 Å². The van der Waals surface area contributed by atoms with Crippen LogP contribution in [0.15, 0.2) is 36.4 Å². The second kappa shape index (κ2) is 6.78. The Labute approximate surface area is 127 Å². The highest BCUT2D eigenvalue weighted by Gasteiger charge is 2.17. The van der Waals surface area contributed by atoms with Crippen LogP contribution in [0.1, 0.15) is 17.2 Å². The molecule has 1 N–H and O–H groups in total. The van der Waals surface area contributed by atoms with E-state index in [1.54, 1.807) is 37.4 Å². The van der Waals surface area contributed by atoms with E-state index in [1.165, 1.54) is 13.2 Å². The molecule has 5 heteroatoms. The van der Waals surface area contributed by atoms with Crippen LogP contribution >= 0.6 is 11.6 Å². The normalized spacial score (nSPS) is 12.0. The van der Waals surface area contributed by atoms with E-state index >= 15 is 0 Å². The molecule has 0 aliphatic rings. The third-order valence-corrected chi connectivity index (χ3v) is 3.67. The summed E-state index contributed by atoms with van der Waals surface area (Å²) in [5.41, 5.74) is 1.14. The van der Waals surface area contributed by atoms with Crippen LogP contribution in [0, 0.1) is 5.82 Å². The largest absolute Gasteiger partial charge is 0.497 e. The van der Waals surface area contributed by atoms with Gasteiger partial charge < -0.3 is 14.6 Å². The summed E-state index contributed by atoms with van der Waals surface area (Å²) in [6.45, 7) is 0. The van der Waals surface area contributed by atoms with Gasteiger partial charge in [0.15, 0.2) is 0 Å². The number of hydrogen-bond acceptors (Lipinski definition) is 3. The Hall–Kier alpha value is -1.78. The van der Waals surface area contributed by atoms with Gasteiger partial charge in [-0.05, 0) is 23.8 Å². The molecule has 0 fully saturated rings. The lowest BCUT2D eigenvalue weighted by atomic mass is 10.00. The Morgan fingerprint density at radius 3 is 2.62 bits per heavy atom. The van der Waals surface area contributed by atoms with E-state index in [-0.39, 0.29) is 11.4 Å². The number of aliphatic hydroxyl groups is 1. The van der Waals surface area contributed by atoms with Crippen LogP contribution in [-0.2, 0) is 6.42 Å². The molecule has 0 aliphatic carbocycles. The summed E-state index contributed by atoms with van der Waals surface area (Å²) < 4.78 is 23.8. The highest BCUT2D eigenvalue weighted by atomic mass is 35.5. The molecule has 2 aromatic rings. The first-order valence-electron chi connectivity index (χ1n) is 6.39. The topological polar surface area (TPSA) is 38.7 Å². The molecule has 0 heterocycles. The van der Waals surface area contributed by atoms with E-state index in [9.17, 15) is 9.50 Å². The Bertz CT molecular complexity index is 631. The number of aliphatic hydroxyl groups excluding tert-OH is 1. The summed E-state index contributed by atoms with van der Waals surface area (Å²) in [5, 5.41) is 10.4. The number of hydrogen-bond donors (Lipinski definition) is 1. The number of benzene rings is 2. The van der Waals surface area contributed by atoms with Gasteiger partial charge in [-0.25, -0.2) is 4.39 Å². The molecule has 2 aromatic carbocycles. The van der Waals surface area contributed by atoms with Crippen molar-refractivity contribution in [2.24, 2.45) is 0 Å². The molecule has 112 valence electrons. The highest BCUT2D eigenvalue weighted by molar-refractivity contribution is 6.31. The van der Waals surface area contributed by atoms with E-state index in [4.69, 9.17) is 21.1 Å². The number of halogens is 2. The van der Waals surface area contributed by atoms with Crippen molar-refractivity contribution in [1.82, 2.24) is 0 Å². The molecule has 0 aliphatic heterocycles. The molecule has 21 heavy (non-hydrogen) atoms. The molecule has 2 rings (SSSR count). The Kier molecular flexibility index (Phi) is 5.04. The van der Waals surface area contributed by atoms with Crippen LogP contribution in [0.2, 0.25) is 5.02 Å². The standard InChI is InChI=1S/C16H16ClFO3/c1-20-11-6-7-12(15(9-11)21-2)14(19)8-10-4-3-5-13(18)16(10)17/h3-7,9,14,19H,8H2,1-2H3. The van der Waals surface area contributed by atoms with Gasteiger partial charge >= 0.3 is 0 Å². The predicted octanol–water partition coefficient (Wildman–Crippen LogP) is 3.77. The summed E-state index contributed by atoms with van der Waals surface area (Å²) in [6.07, 6.45) is -0.663. The average molecular weight is 311 g/mol. The molecule has 0 saturated carbocycles. The lowest BCUT2D eigenvalue weighted by molar-refractivity contribution is 0.174. The maximum absolute atomic E-state index is 13.4. The molecular weight excluding hydrogens is 295 g/mol. The van der Waals surface area contributed by atoms with E-state index in [0.29, 0.717) is 22.6 Å². The minimum atomic E-state index is -0.856. The minimum absolute atomic E-state index is 0.0315. The second-order valence-corrected chi connectivity index (χ2v) is 4.92. The van der Waals surface area contributed by atoms with Crippen molar-refractivity contribution in [3.63, 3.8) is 0 Å². The number of rotatable bonds is 5. The maximum Gasteiger partial charge on any atom is 0.142 e. The smallest absolute Gasteiger partial charge is 0.142 e. The molecule has 0 saturated heterocycles. The van der Waals surface area contributed by atoms with Crippen molar-refractivity contribution in [3.8, 4) is 11.5 Å². The SMILES string of the molecule is COc1ccc(C(O)Cc2cccc(F)c2Cl)c(OC)c1. The first kappa shape index (κ1) is 15.6. The average Bonchev–Trinajstić information content (AvgIpc) is 2.51. The minimum Gasteiger partial charge on any atom is -0.497 e. The third kappa shape index (κ3) is 3.46. The van der Waals surface area contributed by atoms with Gasteiger partial charge in [-0.3, -0.25) is 0 Å². The number of methoxy groups -OCH3 is 2. The molecule has 0 bridgehead atoms. The van der Waals surface area contributed by atoms with Gasteiger partial charge in [-0.15, -0.1) is 0 Å². The Morgan fingerprint density at radius 2 is 1.95 bits per heavy atom. The van der Waals surface area contributed by atoms with Crippen molar-refractivity contribution < 1.29 is 19.0 Å². The summed E-state index contributed by atoms with van der Waals surface area (Å²) in [4.78, 5) is 0. The molecule has 1 atom stereocenters. The monoisotopic (exact) mass is 310 g/mol. The summed E-state index contributed by atoms with van der Waals surface area (Å²) in [6, 6.07) is 9.67. The highest BCUT2D eigenvalue weighted by Crippen LogP contribution is 2.32. The first-order valence-corrected chi connectivity index (χ1v) is 6.77. The summed E-state index contributed by atoms with van der Waals surface area (Å²) >= 11 is 5.91. The lowest BCUT2D eigenvalue weighted by Crippen LogP contribution is -2.05. The van der Waals surface area contributed by atoms with Crippen LogP contribution in [0.5, 0.6) is 11.5 Å². The zero-order valence-electron chi connectivity index (χ0n) is 11.8. The van der Waals surface area contributed by atoms with Crippen molar-refractivity contribution in [2.75, 3.05) is 14.2 Å². The fraction of sp³-hybridized carbons (Fsp3) is 0.250. The van der Waals surface area contributed by atoms with Crippen molar-refractivity contribution in [3.05, 3.63) is 58.4 Å². The number of ether oxygens (including phenoxy) is 2. The Balaban J connectivity index is 2.28. The van der Waals surface area contributed by atoms with E-state index in [2.05, 4.69) is 0 Å². The van der Waals surface area contributed by atoms with E-state index in [0.717, 1.165) is 0 Å². The molecule has 1 unspecified atom stereocenters. The third-order valence-electron chi connectivity index (χ3n) is 3.24. The zero-order chi connectivity index (χ0) is 15.4. The first-order chi connectivity index (χ1) is 10.1. The van der Waals surface area contributed by atoms with Crippen LogP contribution in [-0.4, -0.2) is 19.3 Å². The summed E-state index contributed by atoms with van der Waals surface area (Å²) in [5.74, 6) is 0.643. The van der Waals surface area contributed by atoms with Gasteiger partial charge in [0.2, 0.25) is 0 Å². The van der Waals surface area contributed by atoms with Crippen LogP contribution in [0.4, 0.5) is 4.39 Å². The summed E-state index contributed by atoms with van der Waals surface area (Å²) in [7, 11) is 3.07. The molecule has 0 aromatic heterocycles.